The fourth-order valence-electron chi connectivity index (χ4n) is 4.26. The number of amides is 1. The van der Waals surface area contributed by atoms with Crippen molar-refractivity contribution in [1.82, 2.24) is 24.8 Å². The second-order valence-electron chi connectivity index (χ2n) is 8.40. The van der Waals surface area contributed by atoms with Gasteiger partial charge < -0.3 is 15.6 Å². The van der Waals surface area contributed by atoms with E-state index >= 15 is 0 Å². The van der Waals surface area contributed by atoms with Crippen molar-refractivity contribution in [2.75, 3.05) is 12.3 Å². The summed E-state index contributed by atoms with van der Waals surface area (Å²) in [5.74, 6) is 1.63. The monoisotopic (exact) mass is 444 g/mol. The molecule has 7 nitrogen and oxygen atoms in total. The van der Waals surface area contributed by atoms with Gasteiger partial charge in [0.15, 0.2) is 5.82 Å². The molecule has 0 aliphatic carbocycles. The van der Waals surface area contributed by atoms with Crippen LogP contribution >= 0.6 is 0 Å². The molecule has 0 saturated carbocycles. The van der Waals surface area contributed by atoms with Crippen LogP contribution in [-0.4, -0.2) is 32.0 Å². The Kier molecular flexibility index (Phi) is 7.17. The molecule has 1 aromatic carbocycles. The predicted octanol–water partition coefficient (Wildman–Crippen LogP) is 4.88. The normalized spacial score (nSPS) is 11.3. The number of unbranched alkanes of at least 4 members (excludes halogenated alkanes) is 1. The molecule has 0 bridgehead atoms. The third kappa shape index (κ3) is 4.97. The number of hydrogen-bond acceptors (Lipinski definition) is 5. The number of fused-ring (bicyclic) bond motifs is 3. The number of nitrogen functional groups attached to an aromatic ring is 1. The van der Waals surface area contributed by atoms with Crippen molar-refractivity contribution in [3.63, 3.8) is 0 Å². The van der Waals surface area contributed by atoms with E-state index in [2.05, 4.69) is 45.0 Å². The average Bonchev–Trinajstić information content (AvgIpc) is 3.18. The number of benzene rings is 1. The molecule has 4 aromatic rings. The van der Waals surface area contributed by atoms with E-state index in [1.54, 1.807) is 6.20 Å². The van der Waals surface area contributed by atoms with E-state index in [1.807, 2.05) is 25.3 Å². The molecule has 3 heterocycles. The van der Waals surface area contributed by atoms with Crippen molar-refractivity contribution in [3.8, 4) is 11.1 Å². The van der Waals surface area contributed by atoms with Gasteiger partial charge in [0.1, 0.15) is 11.3 Å². The lowest BCUT2D eigenvalue weighted by atomic mass is 10.0. The van der Waals surface area contributed by atoms with Crippen LogP contribution in [0.2, 0.25) is 0 Å². The Morgan fingerprint density at radius 3 is 2.73 bits per heavy atom. The topological polar surface area (TPSA) is 98.7 Å². The van der Waals surface area contributed by atoms with Crippen LogP contribution in [0.1, 0.15) is 51.8 Å². The van der Waals surface area contributed by atoms with Gasteiger partial charge in [0.25, 0.3) is 0 Å². The first kappa shape index (κ1) is 22.7. The molecule has 0 aliphatic heterocycles. The number of nitrogens with two attached hydrogens (primary N) is 1. The largest absolute Gasteiger partial charge is 0.382 e. The standard InChI is InChI=1S/C26H32N6O/c1-3-8-22-31-24-25(32(22)15-6-5-14-29-23(33)9-4-2)20-12-11-18(16-21(20)30-26(24)27)19-10-7-13-28-17-19/h7,10-13,16-17H,3-6,8-9,14-15H2,1-2H3,(H2,27,30)(H,29,33). The predicted molar refractivity (Wildman–Crippen MR) is 134 cm³/mol. The Morgan fingerprint density at radius 2 is 1.97 bits per heavy atom. The van der Waals surface area contributed by atoms with Gasteiger partial charge >= 0.3 is 0 Å². The number of nitrogens with zero attached hydrogens (tertiary/aromatic N) is 4. The summed E-state index contributed by atoms with van der Waals surface area (Å²) in [5, 5.41) is 4.06. The molecule has 3 aromatic heterocycles. The Bertz CT molecular complexity index is 1250. The van der Waals surface area contributed by atoms with Crippen LogP contribution in [0.3, 0.4) is 0 Å². The lowest BCUT2D eigenvalue weighted by Crippen LogP contribution is -2.24. The molecular weight excluding hydrogens is 412 g/mol. The highest BCUT2D eigenvalue weighted by Crippen LogP contribution is 2.32. The number of carbonyl (C=O) groups excluding carboxylic acids is 1. The van der Waals surface area contributed by atoms with Crippen molar-refractivity contribution < 1.29 is 4.79 Å². The van der Waals surface area contributed by atoms with Gasteiger partial charge in [-0.1, -0.05) is 32.0 Å². The van der Waals surface area contributed by atoms with Gasteiger partial charge in [-0.15, -0.1) is 0 Å². The fraction of sp³-hybridized carbons (Fsp3) is 0.385. The summed E-state index contributed by atoms with van der Waals surface area (Å²) in [4.78, 5) is 25.5. The summed E-state index contributed by atoms with van der Waals surface area (Å²) in [5.41, 5.74) is 11.2. The van der Waals surface area contributed by atoms with Crippen LogP contribution in [-0.2, 0) is 17.8 Å². The number of aromatic nitrogens is 4. The van der Waals surface area contributed by atoms with Gasteiger partial charge in [0.2, 0.25) is 5.91 Å². The zero-order chi connectivity index (χ0) is 23.2. The van der Waals surface area contributed by atoms with Gasteiger partial charge in [0, 0.05) is 49.3 Å². The van der Waals surface area contributed by atoms with E-state index in [-0.39, 0.29) is 5.91 Å². The number of rotatable bonds is 10. The van der Waals surface area contributed by atoms with E-state index < -0.39 is 0 Å². The summed E-state index contributed by atoms with van der Waals surface area (Å²) in [6.45, 7) is 5.71. The van der Waals surface area contributed by atoms with Crippen LogP contribution in [0.25, 0.3) is 33.1 Å². The number of carbonyl (C=O) groups is 1. The van der Waals surface area contributed by atoms with E-state index in [1.165, 1.54) is 0 Å². The molecule has 7 heteroatoms. The number of imidazole rings is 1. The molecule has 0 unspecified atom stereocenters. The third-order valence-corrected chi connectivity index (χ3v) is 5.86. The molecule has 0 spiro atoms. The van der Waals surface area contributed by atoms with Gasteiger partial charge in [-0.25, -0.2) is 9.97 Å². The van der Waals surface area contributed by atoms with Gasteiger partial charge in [-0.3, -0.25) is 9.78 Å². The fourth-order valence-corrected chi connectivity index (χ4v) is 4.26. The first-order chi connectivity index (χ1) is 16.1. The zero-order valence-corrected chi connectivity index (χ0v) is 19.5. The maximum absolute atomic E-state index is 11.7. The Morgan fingerprint density at radius 1 is 1.09 bits per heavy atom. The first-order valence-corrected chi connectivity index (χ1v) is 11.9. The number of hydrogen-bond donors (Lipinski definition) is 2. The third-order valence-electron chi connectivity index (χ3n) is 5.86. The number of pyridine rings is 2. The van der Waals surface area contributed by atoms with E-state index in [4.69, 9.17) is 10.7 Å². The van der Waals surface area contributed by atoms with Gasteiger partial charge in [0.05, 0.1) is 11.0 Å². The molecule has 1 amide bonds. The van der Waals surface area contributed by atoms with Crippen LogP contribution in [0.4, 0.5) is 5.82 Å². The van der Waals surface area contributed by atoms with Gasteiger partial charge in [-0.2, -0.15) is 0 Å². The van der Waals surface area contributed by atoms with Crippen molar-refractivity contribution in [3.05, 3.63) is 48.5 Å². The van der Waals surface area contributed by atoms with E-state index in [0.717, 1.165) is 77.5 Å². The van der Waals surface area contributed by atoms with Crippen molar-refractivity contribution in [1.29, 1.82) is 0 Å². The summed E-state index contributed by atoms with van der Waals surface area (Å²) in [6.07, 6.45) is 8.85. The number of aryl methyl sites for hydroxylation is 2. The SMILES string of the molecule is CCCC(=O)NCCCCn1c(CCC)nc2c(N)nc3cc(-c4cccnc4)ccc3c21. The van der Waals surface area contributed by atoms with Crippen LogP contribution in [0, 0.1) is 0 Å². The molecule has 0 atom stereocenters. The first-order valence-electron chi connectivity index (χ1n) is 11.9. The lowest BCUT2D eigenvalue weighted by Gasteiger charge is -2.12. The minimum Gasteiger partial charge on any atom is -0.382 e. The minimum atomic E-state index is 0.131. The Balaban J connectivity index is 1.66. The molecule has 3 N–H and O–H groups in total. The Labute approximate surface area is 194 Å². The minimum absolute atomic E-state index is 0.131. The van der Waals surface area contributed by atoms with Crippen molar-refractivity contribution in [2.24, 2.45) is 0 Å². The highest BCUT2D eigenvalue weighted by Gasteiger charge is 2.17. The molecule has 33 heavy (non-hydrogen) atoms. The Hall–Kier alpha value is -3.48. The van der Waals surface area contributed by atoms with E-state index in [9.17, 15) is 4.79 Å². The summed E-state index contributed by atoms with van der Waals surface area (Å²) in [6, 6.07) is 10.3. The molecule has 0 fully saturated rings. The smallest absolute Gasteiger partial charge is 0.219 e. The maximum atomic E-state index is 11.7. The van der Waals surface area contributed by atoms with Crippen LogP contribution < -0.4 is 11.1 Å². The average molecular weight is 445 g/mol. The summed E-state index contributed by atoms with van der Waals surface area (Å²) in [7, 11) is 0. The second-order valence-corrected chi connectivity index (χ2v) is 8.40. The molecule has 0 aliphatic rings. The molecule has 0 radical (unpaired) electrons. The molecule has 172 valence electrons. The lowest BCUT2D eigenvalue weighted by molar-refractivity contribution is -0.121. The second kappa shape index (κ2) is 10.4. The van der Waals surface area contributed by atoms with Crippen LogP contribution in [0.15, 0.2) is 42.7 Å². The molecule has 4 rings (SSSR count). The summed E-state index contributed by atoms with van der Waals surface area (Å²) >= 11 is 0. The van der Waals surface area contributed by atoms with Crippen molar-refractivity contribution in [2.45, 2.75) is 58.9 Å². The molecule has 0 saturated heterocycles. The van der Waals surface area contributed by atoms with Crippen molar-refractivity contribution >= 4 is 33.7 Å². The van der Waals surface area contributed by atoms with E-state index in [0.29, 0.717) is 18.8 Å². The van der Waals surface area contributed by atoms with Crippen LogP contribution in [0.5, 0.6) is 0 Å². The molecular formula is C26H32N6O. The highest BCUT2D eigenvalue weighted by molar-refractivity contribution is 6.07. The maximum Gasteiger partial charge on any atom is 0.219 e. The quantitative estimate of drug-likeness (QED) is 0.340. The summed E-state index contributed by atoms with van der Waals surface area (Å²) < 4.78 is 2.30. The highest BCUT2D eigenvalue weighted by atomic mass is 16.1. The number of nitrogens with one attached hydrogen (secondary N) is 1. The number of anilines is 1. The zero-order valence-electron chi connectivity index (χ0n) is 19.5. The van der Waals surface area contributed by atoms with Gasteiger partial charge in [-0.05, 0) is 43.4 Å².